The second-order valence-corrected chi connectivity index (χ2v) is 6.84. The Kier molecular flexibility index (Phi) is 4.60. The van der Waals surface area contributed by atoms with Gasteiger partial charge in [0.25, 0.3) is 0 Å². The molecule has 0 saturated carbocycles. The third-order valence-electron chi connectivity index (χ3n) is 2.63. The molecule has 0 spiro atoms. The van der Waals surface area contributed by atoms with Crippen molar-refractivity contribution in [2.75, 3.05) is 0 Å². The topological polar surface area (TPSA) is 42.9 Å². The molecule has 1 aromatic heterocycles. The molecule has 5 heteroatoms. The van der Waals surface area contributed by atoms with E-state index in [0.29, 0.717) is 17.4 Å². The minimum Gasteiger partial charge on any atom is -0.259 e. The molecule has 0 aliphatic heterocycles. The van der Waals surface area contributed by atoms with E-state index in [-0.39, 0.29) is 0 Å². The normalized spacial score (nSPS) is 12.8. The van der Waals surface area contributed by atoms with E-state index in [4.69, 9.17) is 0 Å². The van der Waals surface area contributed by atoms with Crippen molar-refractivity contribution < 1.29 is 4.21 Å². The van der Waals surface area contributed by atoms with Gasteiger partial charge in [-0.2, -0.15) is 0 Å². The molecule has 0 fully saturated rings. The Labute approximate surface area is 114 Å². The Balaban J connectivity index is 2.00. The molecule has 0 radical (unpaired) electrons. The average molecular weight is 280 g/mol. The molecule has 1 atom stereocenters. The fraction of sp³-hybridized carbons (Fsp3) is 0.385. The Bertz CT molecular complexity index is 524. The third kappa shape index (κ3) is 3.71. The van der Waals surface area contributed by atoms with Crippen LogP contribution in [0.3, 0.4) is 0 Å². The lowest BCUT2D eigenvalue weighted by Gasteiger charge is -2.07. The average Bonchev–Trinajstić information content (AvgIpc) is 2.82. The molecule has 0 saturated heterocycles. The Morgan fingerprint density at radius 2 is 2.17 bits per heavy atom. The smallest absolute Gasteiger partial charge is 0.129 e. The van der Waals surface area contributed by atoms with E-state index in [2.05, 4.69) is 36.2 Å². The van der Waals surface area contributed by atoms with Crippen molar-refractivity contribution in [1.82, 2.24) is 10.2 Å². The van der Waals surface area contributed by atoms with Gasteiger partial charge in [0.15, 0.2) is 0 Å². The van der Waals surface area contributed by atoms with E-state index < -0.39 is 10.8 Å². The predicted octanol–water partition coefficient (Wildman–Crippen LogP) is 3.11. The van der Waals surface area contributed by atoms with Crippen molar-refractivity contribution in [3.05, 3.63) is 45.9 Å². The van der Waals surface area contributed by atoms with Crippen molar-refractivity contribution in [3.8, 4) is 0 Å². The molecule has 96 valence electrons. The summed E-state index contributed by atoms with van der Waals surface area (Å²) in [6.07, 6.45) is 0. The number of benzene rings is 1. The maximum absolute atomic E-state index is 12.0. The van der Waals surface area contributed by atoms with E-state index in [1.165, 1.54) is 16.9 Å². The van der Waals surface area contributed by atoms with E-state index in [1.807, 2.05) is 12.1 Å². The van der Waals surface area contributed by atoms with Gasteiger partial charge in [-0.1, -0.05) is 38.1 Å². The summed E-state index contributed by atoms with van der Waals surface area (Å²) >= 11 is 1.45. The minimum atomic E-state index is -0.914. The van der Waals surface area contributed by atoms with Crippen LogP contribution in [0.25, 0.3) is 0 Å². The molecule has 1 aromatic carbocycles. The van der Waals surface area contributed by atoms with Crippen LogP contribution in [-0.2, 0) is 22.3 Å². The highest BCUT2D eigenvalue weighted by Gasteiger charge is 2.07. The number of rotatable bonds is 5. The van der Waals surface area contributed by atoms with Crippen LogP contribution in [-0.4, -0.2) is 14.4 Å². The molecule has 2 rings (SSSR count). The summed E-state index contributed by atoms with van der Waals surface area (Å²) < 4.78 is 12.0. The lowest BCUT2D eigenvalue weighted by atomic mass is 10.0. The lowest BCUT2D eigenvalue weighted by molar-refractivity contribution is 0.681. The van der Waals surface area contributed by atoms with Gasteiger partial charge in [0.05, 0.1) is 5.75 Å². The van der Waals surface area contributed by atoms with E-state index in [9.17, 15) is 4.21 Å². The monoisotopic (exact) mass is 280 g/mol. The van der Waals surface area contributed by atoms with Gasteiger partial charge in [0, 0.05) is 16.6 Å². The molecule has 0 bridgehead atoms. The van der Waals surface area contributed by atoms with E-state index in [0.717, 1.165) is 10.6 Å². The fourth-order valence-corrected chi connectivity index (χ4v) is 3.64. The summed E-state index contributed by atoms with van der Waals surface area (Å²) in [5.41, 5.74) is 4.09. The second kappa shape index (κ2) is 6.20. The molecule has 3 nitrogen and oxygen atoms in total. The maximum Gasteiger partial charge on any atom is 0.129 e. The third-order valence-corrected chi connectivity index (χ3v) is 4.77. The molecule has 18 heavy (non-hydrogen) atoms. The molecule has 0 aliphatic rings. The van der Waals surface area contributed by atoms with E-state index >= 15 is 0 Å². The number of aromatic nitrogens is 2. The maximum atomic E-state index is 12.0. The zero-order chi connectivity index (χ0) is 13.0. The summed E-state index contributed by atoms with van der Waals surface area (Å²) in [5, 5.41) is 8.51. The van der Waals surface area contributed by atoms with Crippen molar-refractivity contribution in [2.24, 2.45) is 0 Å². The van der Waals surface area contributed by atoms with Crippen LogP contribution in [0.5, 0.6) is 0 Å². The molecular formula is C13H16N2OS2. The van der Waals surface area contributed by atoms with Gasteiger partial charge in [-0.25, -0.2) is 0 Å². The number of nitrogens with zero attached hydrogens (tertiary/aromatic N) is 2. The SMILES string of the molecule is CC(C)c1cccc(CS(=O)Cc2nncs2)c1. The van der Waals surface area contributed by atoms with Crippen LogP contribution < -0.4 is 0 Å². The van der Waals surface area contributed by atoms with Gasteiger partial charge < -0.3 is 0 Å². The highest BCUT2D eigenvalue weighted by Crippen LogP contribution is 2.17. The molecule has 0 aliphatic carbocycles. The van der Waals surface area contributed by atoms with Gasteiger partial charge in [-0.3, -0.25) is 4.21 Å². The summed E-state index contributed by atoms with van der Waals surface area (Å²) in [6, 6.07) is 8.32. The summed E-state index contributed by atoms with van der Waals surface area (Å²) in [7, 11) is -0.914. The molecule has 1 unspecified atom stereocenters. The zero-order valence-electron chi connectivity index (χ0n) is 10.5. The van der Waals surface area contributed by atoms with Gasteiger partial charge in [0.2, 0.25) is 0 Å². The van der Waals surface area contributed by atoms with Crippen molar-refractivity contribution >= 4 is 22.1 Å². The largest absolute Gasteiger partial charge is 0.259 e. The molecule has 2 aromatic rings. The van der Waals surface area contributed by atoms with Crippen LogP contribution in [0.2, 0.25) is 0 Å². The second-order valence-electron chi connectivity index (χ2n) is 4.46. The van der Waals surface area contributed by atoms with Crippen LogP contribution in [0, 0.1) is 0 Å². The first-order valence-electron chi connectivity index (χ1n) is 5.84. The quantitative estimate of drug-likeness (QED) is 0.845. The fourth-order valence-electron chi connectivity index (χ4n) is 1.68. The predicted molar refractivity (Wildman–Crippen MR) is 76.0 cm³/mol. The molecule has 0 N–H and O–H groups in total. The molecular weight excluding hydrogens is 264 g/mol. The highest BCUT2D eigenvalue weighted by atomic mass is 32.2. The Hall–Kier alpha value is -1.07. The van der Waals surface area contributed by atoms with Crippen LogP contribution in [0.4, 0.5) is 0 Å². The van der Waals surface area contributed by atoms with Crippen LogP contribution in [0.15, 0.2) is 29.8 Å². The highest BCUT2D eigenvalue weighted by molar-refractivity contribution is 7.83. The van der Waals surface area contributed by atoms with Crippen LogP contribution in [0.1, 0.15) is 35.9 Å². The summed E-state index contributed by atoms with van der Waals surface area (Å²) in [4.78, 5) is 0. The Morgan fingerprint density at radius 1 is 1.33 bits per heavy atom. The standard InChI is InChI=1S/C13H16N2OS2/c1-10(2)12-5-3-4-11(6-12)7-18(16)8-13-15-14-9-17-13/h3-6,9-10H,7-8H2,1-2H3. The summed E-state index contributed by atoms with van der Waals surface area (Å²) in [5.74, 6) is 1.58. The zero-order valence-corrected chi connectivity index (χ0v) is 12.1. The first-order valence-corrected chi connectivity index (χ1v) is 8.21. The molecule has 0 amide bonds. The number of hydrogen-bond donors (Lipinski definition) is 0. The van der Waals surface area contributed by atoms with Gasteiger partial charge in [-0.15, -0.1) is 21.5 Å². The van der Waals surface area contributed by atoms with Gasteiger partial charge >= 0.3 is 0 Å². The number of hydrogen-bond acceptors (Lipinski definition) is 4. The molecule has 1 heterocycles. The van der Waals surface area contributed by atoms with Crippen LogP contribution >= 0.6 is 11.3 Å². The van der Waals surface area contributed by atoms with E-state index in [1.54, 1.807) is 5.51 Å². The Morgan fingerprint density at radius 3 is 2.83 bits per heavy atom. The van der Waals surface area contributed by atoms with Crippen molar-refractivity contribution in [1.29, 1.82) is 0 Å². The van der Waals surface area contributed by atoms with Gasteiger partial charge in [-0.05, 0) is 17.0 Å². The minimum absolute atomic E-state index is 0.497. The lowest BCUT2D eigenvalue weighted by Crippen LogP contribution is -2.00. The first-order chi connectivity index (χ1) is 8.65. The first kappa shape index (κ1) is 13.4. The summed E-state index contributed by atoms with van der Waals surface area (Å²) in [6.45, 7) is 4.33. The van der Waals surface area contributed by atoms with Gasteiger partial charge in [0.1, 0.15) is 10.5 Å². The van der Waals surface area contributed by atoms with Crippen molar-refractivity contribution in [3.63, 3.8) is 0 Å². The van der Waals surface area contributed by atoms with Crippen molar-refractivity contribution in [2.45, 2.75) is 31.3 Å².